The number of thiazole rings is 1. The maximum Gasteiger partial charge on any atom is 0.244 e. The van der Waals surface area contributed by atoms with Crippen LogP contribution in [0.15, 0.2) is 35.7 Å². The molecule has 1 amide bonds. The maximum absolute atomic E-state index is 11.6. The maximum atomic E-state index is 11.6. The van der Waals surface area contributed by atoms with Gasteiger partial charge in [-0.15, -0.1) is 11.3 Å². The number of amides is 1. The van der Waals surface area contributed by atoms with Crippen molar-refractivity contribution in [1.82, 2.24) is 10.3 Å². The molecular weight excluding hydrogens is 270 g/mol. The lowest BCUT2D eigenvalue weighted by atomic mass is 10.2. The van der Waals surface area contributed by atoms with E-state index in [0.717, 1.165) is 22.7 Å². The number of nitrogen functional groups attached to an aromatic ring is 1. The van der Waals surface area contributed by atoms with Gasteiger partial charge >= 0.3 is 0 Å². The molecule has 0 aliphatic rings. The summed E-state index contributed by atoms with van der Waals surface area (Å²) >= 11 is 1.62. The van der Waals surface area contributed by atoms with Crippen LogP contribution >= 0.6 is 11.3 Å². The van der Waals surface area contributed by atoms with Crippen molar-refractivity contribution in [3.8, 4) is 0 Å². The normalized spacial score (nSPS) is 10.8. The van der Waals surface area contributed by atoms with Gasteiger partial charge in [-0.3, -0.25) is 4.79 Å². The third kappa shape index (κ3) is 4.51. The fraction of sp³-hybridized carbons (Fsp3) is 0.200. The summed E-state index contributed by atoms with van der Waals surface area (Å²) in [5, 5.41) is 5.90. The molecule has 0 saturated carbocycles. The van der Waals surface area contributed by atoms with E-state index in [1.165, 1.54) is 6.08 Å². The van der Waals surface area contributed by atoms with Crippen molar-refractivity contribution >= 4 is 29.0 Å². The van der Waals surface area contributed by atoms with Crippen LogP contribution < -0.4 is 11.1 Å². The smallest absolute Gasteiger partial charge is 0.244 e. The number of nitrogens with two attached hydrogens (primary N) is 1. The number of benzene rings is 1. The lowest BCUT2D eigenvalue weighted by Gasteiger charge is -2.00. The van der Waals surface area contributed by atoms with Gasteiger partial charge in [0.15, 0.2) is 0 Å². The number of hydrogen-bond acceptors (Lipinski definition) is 4. The molecule has 1 aromatic heterocycles. The number of carbonyl (C=O) groups is 1. The predicted molar refractivity (Wildman–Crippen MR) is 83.5 cm³/mol. The van der Waals surface area contributed by atoms with Gasteiger partial charge in [0.1, 0.15) is 0 Å². The van der Waals surface area contributed by atoms with Gasteiger partial charge in [0.2, 0.25) is 5.91 Å². The summed E-state index contributed by atoms with van der Waals surface area (Å²) in [6, 6.07) is 7.36. The highest BCUT2D eigenvalue weighted by Gasteiger charge is 2.00. The molecule has 4 nitrogen and oxygen atoms in total. The Labute approximate surface area is 122 Å². The average molecular weight is 287 g/mol. The van der Waals surface area contributed by atoms with Crippen LogP contribution in [0.4, 0.5) is 5.69 Å². The fourth-order valence-electron chi connectivity index (χ4n) is 1.65. The zero-order valence-electron chi connectivity index (χ0n) is 11.3. The van der Waals surface area contributed by atoms with Crippen LogP contribution in [-0.4, -0.2) is 17.4 Å². The van der Waals surface area contributed by atoms with Crippen molar-refractivity contribution in [2.75, 3.05) is 12.3 Å². The molecule has 0 saturated heterocycles. The van der Waals surface area contributed by atoms with E-state index in [1.54, 1.807) is 17.4 Å². The zero-order valence-corrected chi connectivity index (χ0v) is 12.1. The van der Waals surface area contributed by atoms with Crippen LogP contribution in [0, 0.1) is 6.92 Å². The van der Waals surface area contributed by atoms with Crippen LogP contribution in [0.3, 0.4) is 0 Å². The molecule has 2 aromatic rings. The van der Waals surface area contributed by atoms with E-state index in [9.17, 15) is 4.79 Å². The SMILES string of the molecule is Cc1csc(CCNC(=O)/C=C/c2ccc(N)cc2)n1. The lowest BCUT2D eigenvalue weighted by Crippen LogP contribution is -2.23. The van der Waals surface area contributed by atoms with Crippen molar-refractivity contribution in [2.45, 2.75) is 13.3 Å². The number of anilines is 1. The third-order valence-electron chi connectivity index (χ3n) is 2.67. The molecule has 0 radical (unpaired) electrons. The largest absolute Gasteiger partial charge is 0.399 e. The van der Waals surface area contributed by atoms with Gasteiger partial charge in [-0.25, -0.2) is 4.98 Å². The first-order chi connectivity index (χ1) is 9.63. The standard InChI is InChI=1S/C15H17N3OS/c1-11-10-20-15(18-11)8-9-17-14(19)7-4-12-2-5-13(16)6-3-12/h2-7,10H,8-9,16H2,1H3,(H,17,19)/b7-4+. The van der Waals surface area contributed by atoms with Gasteiger partial charge in [0.05, 0.1) is 5.01 Å². The summed E-state index contributed by atoms with van der Waals surface area (Å²) in [5.74, 6) is -0.102. The first-order valence-corrected chi connectivity index (χ1v) is 7.24. The molecule has 1 aromatic carbocycles. The molecule has 20 heavy (non-hydrogen) atoms. The highest BCUT2D eigenvalue weighted by molar-refractivity contribution is 7.09. The second-order valence-corrected chi connectivity index (χ2v) is 5.37. The first-order valence-electron chi connectivity index (χ1n) is 6.36. The Hall–Kier alpha value is -2.14. The minimum absolute atomic E-state index is 0.102. The molecular formula is C15H17N3OS. The summed E-state index contributed by atoms with van der Waals surface area (Å²) in [5.41, 5.74) is 8.29. The molecule has 0 aliphatic heterocycles. The Morgan fingerprint density at radius 1 is 1.40 bits per heavy atom. The van der Waals surface area contributed by atoms with Crippen LogP contribution in [0.1, 0.15) is 16.3 Å². The summed E-state index contributed by atoms with van der Waals surface area (Å²) in [6.07, 6.45) is 4.06. The summed E-state index contributed by atoms with van der Waals surface area (Å²) in [7, 11) is 0. The fourth-order valence-corrected chi connectivity index (χ4v) is 2.42. The molecule has 0 atom stereocenters. The number of aromatic nitrogens is 1. The van der Waals surface area contributed by atoms with Crippen molar-refractivity contribution < 1.29 is 4.79 Å². The topological polar surface area (TPSA) is 68.0 Å². The van der Waals surface area contributed by atoms with Crippen LogP contribution in [0.25, 0.3) is 6.08 Å². The number of nitrogens with zero attached hydrogens (tertiary/aromatic N) is 1. The third-order valence-corrected chi connectivity index (χ3v) is 3.69. The minimum atomic E-state index is -0.102. The van der Waals surface area contributed by atoms with Gasteiger partial charge < -0.3 is 11.1 Å². The number of hydrogen-bond donors (Lipinski definition) is 2. The Morgan fingerprint density at radius 3 is 2.80 bits per heavy atom. The zero-order chi connectivity index (χ0) is 14.4. The lowest BCUT2D eigenvalue weighted by molar-refractivity contribution is -0.116. The van der Waals surface area contributed by atoms with E-state index in [-0.39, 0.29) is 5.91 Å². The molecule has 0 aliphatic carbocycles. The predicted octanol–water partition coefficient (Wildman–Crippen LogP) is 2.41. The van der Waals surface area contributed by atoms with Crippen molar-refractivity contribution in [3.63, 3.8) is 0 Å². The summed E-state index contributed by atoms with van der Waals surface area (Å²) < 4.78 is 0. The molecule has 0 bridgehead atoms. The number of rotatable bonds is 5. The number of aryl methyl sites for hydroxylation is 1. The Morgan fingerprint density at radius 2 is 2.15 bits per heavy atom. The van der Waals surface area contributed by atoms with Crippen molar-refractivity contribution in [3.05, 3.63) is 52.0 Å². The van der Waals surface area contributed by atoms with Gasteiger partial charge in [0.25, 0.3) is 0 Å². The Kier molecular flexibility index (Phi) is 4.90. The van der Waals surface area contributed by atoms with Gasteiger partial charge in [-0.1, -0.05) is 12.1 Å². The summed E-state index contributed by atoms with van der Waals surface area (Å²) in [6.45, 7) is 2.56. The first kappa shape index (κ1) is 14.3. The van der Waals surface area contributed by atoms with E-state index in [0.29, 0.717) is 12.2 Å². The molecule has 0 spiro atoms. The minimum Gasteiger partial charge on any atom is -0.399 e. The van der Waals surface area contributed by atoms with Crippen LogP contribution in [0.5, 0.6) is 0 Å². The van der Waals surface area contributed by atoms with E-state index < -0.39 is 0 Å². The van der Waals surface area contributed by atoms with Crippen LogP contribution in [-0.2, 0) is 11.2 Å². The molecule has 0 fully saturated rings. The summed E-state index contributed by atoms with van der Waals surface area (Å²) in [4.78, 5) is 16.0. The van der Waals surface area contributed by atoms with Gasteiger partial charge in [-0.05, 0) is 30.7 Å². The van der Waals surface area contributed by atoms with Crippen molar-refractivity contribution in [2.24, 2.45) is 0 Å². The number of carbonyl (C=O) groups excluding carboxylic acids is 1. The Bertz CT molecular complexity index is 602. The molecule has 0 unspecified atom stereocenters. The molecule has 5 heteroatoms. The van der Waals surface area contributed by atoms with Crippen molar-refractivity contribution in [1.29, 1.82) is 0 Å². The Balaban J connectivity index is 1.76. The second-order valence-electron chi connectivity index (χ2n) is 4.42. The molecule has 3 N–H and O–H groups in total. The van der Waals surface area contributed by atoms with E-state index in [2.05, 4.69) is 10.3 Å². The quantitative estimate of drug-likeness (QED) is 0.655. The van der Waals surface area contributed by atoms with Gasteiger partial charge in [0, 0.05) is 35.8 Å². The van der Waals surface area contributed by atoms with Gasteiger partial charge in [-0.2, -0.15) is 0 Å². The monoisotopic (exact) mass is 287 g/mol. The average Bonchev–Trinajstić information content (AvgIpc) is 2.84. The van der Waals surface area contributed by atoms with E-state index in [1.807, 2.05) is 36.6 Å². The molecule has 1 heterocycles. The highest BCUT2D eigenvalue weighted by atomic mass is 32.1. The highest BCUT2D eigenvalue weighted by Crippen LogP contribution is 2.09. The molecule has 2 rings (SSSR count). The second kappa shape index (κ2) is 6.86. The van der Waals surface area contributed by atoms with E-state index in [4.69, 9.17) is 5.73 Å². The van der Waals surface area contributed by atoms with E-state index >= 15 is 0 Å². The number of nitrogens with one attached hydrogen (secondary N) is 1. The van der Waals surface area contributed by atoms with Crippen LogP contribution in [0.2, 0.25) is 0 Å². The molecule has 104 valence electrons.